The van der Waals surface area contributed by atoms with Crippen LogP contribution in [0.3, 0.4) is 0 Å². The van der Waals surface area contributed by atoms with Gasteiger partial charge in [0.1, 0.15) is 0 Å². The minimum Gasteiger partial charge on any atom is -0.395 e. The molecule has 0 amide bonds. The smallest absolute Gasteiger partial charge is 0.0582 e. The van der Waals surface area contributed by atoms with Gasteiger partial charge < -0.3 is 10.4 Å². The minimum atomic E-state index is 0.139. The van der Waals surface area contributed by atoms with E-state index in [4.69, 9.17) is 5.11 Å². The van der Waals surface area contributed by atoms with Gasteiger partial charge in [0.05, 0.1) is 12.3 Å². The second-order valence-electron chi connectivity index (χ2n) is 3.10. The Morgan fingerprint density at radius 2 is 2.46 bits per heavy atom. The SMILES string of the molecule is CCn1nccc1CN[C@H](C)CO. The number of aryl methyl sites for hydroxylation is 1. The molecule has 0 radical (unpaired) electrons. The first-order chi connectivity index (χ1) is 6.27. The highest BCUT2D eigenvalue weighted by Crippen LogP contribution is 1.98. The summed E-state index contributed by atoms with van der Waals surface area (Å²) in [4.78, 5) is 0. The van der Waals surface area contributed by atoms with Crippen molar-refractivity contribution in [1.29, 1.82) is 0 Å². The van der Waals surface area contributed by atoms with Crippen molar-refractivity contribution in [1.82, 2.24) is 15.1 Å². The van der Waals surface area contributed by atoms with Gasteiger partial charge in [0.25, 0.3) is 0 Å². The van der Waals surface area contributed by atoms with Gasteiger partial charge in [-0.2, -0.15) is 5.10 Å². The van der Waals surface area contributed by atoms with E-state index in [9.17, 15) is 0 Å². The molecular formula is C9H17N3O. The summed E-state index contributed by atoms with van der Waals surface area (Å²) in [6.45, 7) is 5.83. The van der Waals surface area contributed by atoms with Gasteiger partial charge in [-0.15, -0.1) is 0 Å². The van der Waals surface area contributed by atoms with E-state index in [0.717, 1.165) is 18.8 Å². The lowest BCUT2D eigenvalue weighted by molar-refractivity contribution is 0.250. The predicted molar refractivity (Wildman–Crippen MR) is 51.3 cm³/mol. The summed E-state index contributed by atoms with van der Waals surface area (Å²) in [5.74, 6) is 0. The van der Waals surface area contributed by atoms with E-state index in [2.05, 4.69) is 17.3 Å². The van der Waals surface area contributed by atoms with Crippen LogP contribution in [0, 0.1) is 0 Å². The lowest BCUT2D eigenvalue weighted by Gasteiger charge is -2.11. The van der Waals surface area contributed by atoms with E-state index in [1.807, 2.05) is 17.7 Å². The highest BCUT2D eigenvalue weighted by atomic mass is 16.3. The van der Waals surface area contributed by atoms with Crippen LogP contribution in [-0.2, 0) is 13.1 Å². The van der Waals surface area contributed by atoms with Crippen LogP contribution in [0.5, 0.6) is 0 Å². The fraction of sp³-hybridized carbons (Fsp3) is 0.667. The third kappa shape index (κ3) is 2.82. The summed E-state index contributed by atoms with van der Waals surface area (Å²) in [6, 6.07) is 2.13. The van der Waals surface area contributed by atoms with E-state index in [0.29, 0.717) is 0 Å². The number of aliphatic hydroxyl groups is 1. The molecule has 2 N–H and O–H groups in total. The molecule has 1 heterocycles. The quantitative estimate of drug-likeness (QED) is 0.693. The van der Waals surface area contributed by atoms with Crippen molar-refractivity contribution in [2.45, 2.75) is 33.0 Å². The van der Waals surface area contributed by atoms with Crippen molar-refractivity contribution in [3.63, 3.8) is 0 Å². The molecule has 0 fully saturated rings. The molecule has 1 rings (SSSR count). The molecule has 0 bridgehead atoms. The van der Waals surface area contributed by atoms with Crippen molar-refractivity contribution in [3.05, 3.63) is 18.0 Å². The first kappa shape index (κ1) is 10.2. The van der Waals surface area contributed by atoms with Crippen molar-refractivity contribution in [2.75, 3.05) is 6.61 Å². The highest BCUT2D eigenvalue weighted by Gasteiger charge is 2.02. The Bertz CT molecular complexity index is 247. The Morgan fingerprint density at radius 3 is 3.08 bits per heavy atom. The van der Waals surface area contributed by atoms with E-state index in [1.54, 1.807) is 6.20 Å². The Labute approximate surface area is 78.6 Å². The molecule has 13 heavy (non-hydrogen) atoms. The third-order valence-electron chi connectivity index (χ3n) is 2.01. The zero-order valence-corrected chi connectivity index (χ0v) is 8.20. The molecule has 1 atom stereocenters. The van der Waals surface area contributed by atoms with Crippen LogP contribution in [0.4, 0.5) is 0 Å². The zero-order chi connectivity index (χ0) is 9.68. The second kappa shape index (κ2) is 4.99. The average molecular weight is 183 g/mol. The monoisotopic (exact) mass is 183 g/mol. The maximum Gasteiger partial charge on any atom is 0.0582 e. The number of nitrogens with zero attached hydrogens (tertiary/aromatic N) is 2. The minimum absolute atomic E-state index is 0.139. The third-order valence-corrected chi connectivity index (χ3v) is 2.01. The first-order valence-corrected chi connectivity index (χ1v) is 4.62. The average Bonchev–Trinajstić information content (AvgIpc) is 2.61. The molecule has 0 aliphatic heterocycles. The Balaban J connectivity index is 2.44. The molecule has 0 spiro atoms. The molecule has 74 valence electrons. The van der Waals surface area contributed by atoms with Gasteiger partial charge in [-0.1, -0.05) is 0 Å². The topological polar surface area (TPSA) is 50.1 Å². The maximum absolute atomic E-state index is 8.80. The number of rotatable bonds is 5. The van der Waals surface area contributed by atoms with Gasteiger partial charge in [0, 0.05) is 25.3 Å². The van der Waals surface area contributed by atoms with Crippen LogP contribution in [0.25, 0.3) is 0 Å². The van der Waals surface area contributed by atoms with Crippen molar-refractivity contribution < 1.29 is 5.11 Å². The maximum atomic E-state index is 8.80. The molecular weight excluding hydrogens is 166 g/mol. The molecule has 1 aromatic rings. The Kier molecular flexibility index (Phi) is 3.92. The van der Waals surface area contributed by atoms with Crippen molar-refractivity contribution in [2.24, 2.45) is 0 Å². The summed E-state index contributed by atoms with van der Waals surface area (Å²) in [7, 11) is 0. The standard InChI is InChI=1S/C9H17N3O/c1-3-12-9(4-5-11-12)6-10-8(2)7-13/h4-5,8,10,13H,3,6-7H2,1-2H3/t8-/m1/s1. The molecule has 0 saturated heterocycles. The van der Waals surface area contributed by atoms with Gasteiger partial charge in [-0.3, -0.25) is 4.68 Å². The molecule has 0 aromatic carbocycles. The molecule has 0 saturated carbocycles. The Morgan fingerprint density at radius 1 is 1.69 bits per heavy atom. The zero-order valence-electron chi connectivity index (χ0n) is 8.20. The molecule has 4 nitrogen and oxygen atoms in total. The van der Waals surface area contributed by atoms with Crippen LogP contribution >= 0.6 is 0 Å². The molecule has 4 heteroatoms. The Hall–Kier alpha value is -0.870. The molecule has 1 aromatic heterocycles. The summed E-state index contributed by atoms with van der Waals surface area (Å²) in [5, 5.41) is 16.2. The summed E-state index contributed by atoms with van der Waals surface area (Å²) in [6.07, 6.45) is 1.80. The summed E-state index contributed by atoms with van der Waals surface area (Å²) in [5.41, 5.74) is 1.16. The first-order valence-electron chi connectivity index (χ1n) is 4.62. The van der Waals surface area contributed by atoms with Gasteiger partial charge in [-0.25, -0.2) is 0 Å². The van der Waals surface area contributed by atoms with E-state index >= 15 is 0 Å². The number of aromatic nitrogens is 2. The molecule has 0 aliphatic carbocycles. The lowest BCUT2D eigenvalue weighted by atomic mass is 10.3. The predicted octanol–water partition coefficient (Wildman–Crippen LogP) is 0.373. The molecule has 0 aliphatic rings. The summed E-state index contributed by atoms with van der Waals surface area (Å²) >= 11 is 0. The molecule has 0 unspecified atom stereocenters. The van der Waals surface area contributed by atoms with Crippen molar-refractivity contribution in [3.8, 4) is 0 Å². The second-order valence-corrected chi connectivity index (χ2v) is 3.10. The van der Waals surface area contributed by atoms with Crippen LogP contribution in [0.15, 0.2) is 12.3 Å². The van der Waals surface area contributed by atoms with Gasteiger partial charge >= 0.3 is 0 Å². The van der Waals surface area contributed by atoms with Crippen LogP contribution in [0.2, 0.25) is 0 Å². The van der Waals surface area contributed by atoms with Crippen LogP contribution < -0.4 is 5.32 Å². The van der Waals surface area contributed by atoms with Crippen LogP contribution in [0.1, 0.15) is 19.5 Å². The normalized spacial score (nSPS) is 13.2. The number of aliphatic hydroxyl groups excluding tert-OH is 1. The highest BCUT2D eigenvalue weighted by molar-refractivity contribution is 5.00. The van der Waals surface area contributed by atoms with Gasteiger partial charge in [0.15, 0.2) is 0 Å². The van der Waals surface area contributed by atoms with Gasteiger partial charge in [0.2, 0.25) is 0 Å². The number of hydrogen-bond donors (Lipinski definition) is 2. The van der Waals surface area contributed by atoms with Gasteiger partial charge in [-0.05, 0) is 19.9 Å². The van der Waals surface area contributed by atoms with E-state index in [-0.39, 0.29) is 12.6 Å². The fourth-order valence-electron chi connectivity index (χ4n) is 1.14. The fourth-order valence-corrected chi connectivity index (χ4v) is 1.14. The summed E-state index contributed by atoms with van der Waals surface area (Å²) < 4.78 is 1.94. The van der Waals surface area contributed by atoms with Crippen molar-refractivity contribution >= 4 is 0 Å². The number of nitrogens with one attached hydrogen (secondary N) is 1. The lowest BCUT2D eigenvalue weighted by Crippen LogP contribution is -2.29. The van der Waals surface area contributed by atoms with E-state index < -0.39 is 0 Å². The largest absolute Gasteiger partial charge is 0.395 e. The van der Waals surface area contributed by atoms with E-state index in [1.165, 1.54) is 0 Å². The number of hydrogen-bond acceptors (Lipinski definition) is 3. The van der Waals surface area contributed by atoms with Crippen LogP contribution in [-0.4, -0.2) is 27.5 Å².